The number of carbonyl (C=O) groups is 1. The number of hydrogen-bond acceptors (Lipinski definition) is 2. The molecule has 0 heterocycles. The van der Waals surface area contributed by atoms with E-state index >= 15 is 0 Å². The van der Waals surface area contributed by atoms with Crippen LogP contribution in [0.25, 0.3) is 0 Å². The monoisotopic (exact) mass is 334 g/mol. The third kappa shape index (κ3) is 4.32. The molecule has 0 saturated carbocycles. The van der Waals surface area contributed by atoms with Gasteiger partial charge in [-0.15, -0.1) is 0 Å². The van der Waals surface area contributed by atoms with Crippen molar-refractivity contribution in [3.63, 3.8) is 0 Å². The summed E-state index contributed by atoms with van der Waals surface area (Å²) in [6, 6.07) is 13.2. The molecule has 116 valence electrons. The fraction of sp³-hybridized carbons (Fsp3) is 0.278. The van der Waals surface area contributed by atoms with Crippen molar-refractivity contribution in [2.24, 2.45) is 0 Å². The van der Waals surface area contributed by atoms with Crippen molar-refractivity contribution < 1.29 is 9.53 Å². The molecule has 0 bridgehead atoms. The highest BCUT2D eigenvalue weighted by atomic mass is 35.5. The summed E-state index contributed by atoms with van der Waals surface area (Å²) in [5.41, 5.74) is 1.86. The van der Waals surface area contributed by atoms with Crippen LogP contribution in [0.1, 0.15) is 36.2 Å². The molecule has 0 saturated heterocycles. The van der Waals surface area contributed by atoms with Crippen LogP contribution in [-0.2, 0) is 0 Å². The van der Waals surface area contributed by atoms with Gasteiger partial charge in [0.15, 0.2) is 5.52 Å². The fourth-order valence-corrected chi connectivity index (χ4v) is 3.33. The van der Waals surface area contributed by atoms with E-state index in [1.165, 1.54) is 0 Å². The third-order valence-electron chi connectivity index (χ3n) is 3.49. The van der Waals surface area contributed by atoms with E-state index in [1.54, 1.807) is 6.07 Å². The molecule has 2 nitrogen and oxygen atoms in total. The van der Waals surface area contributed by atoms with Crippen LogP contribution in [0.3, 0.4) is 0 Å². The Morgan fingerprint density at radius 3 is 2.64 bits per heavy atom. The van der Waals surface area contributed by atoms with Crippen molar-refractivity contribution in [3.05, 3.63) is 58.6 Å². The minimum atomic E-state index is 0.0171. The number of rotatable bonds is 6. The van der Waals surface area contributed by atoms with Gasteiger partial charge in [0.2, 0.25) is 0 Å². The Balaban J connectivity index is 2.13. The molecule has 0 radical (unpaired) electrons. The lowest BCUT2D eigenvalue weighted by Crippen LogP contribution is -2.11. The number of carbonyl (C=O) groups excluding carboxylic acids is 1. The maximum absolute atomic E-state index is 12.4. The van der Waals surface area contributed by atoms with E-state index in [-0.39, 0.29) is 20.2 Å². The second kappa shape index (κ2) is 7.76. The predicted octanol–water partition coefficient (Wildman–Crippen LogP) is 4.97. The van der Waals surface area contributed by atoms with Crippen molar-refractivity contribution >= 4 is 31.0 Å². The van der Waals surface area contributed by atoms with Crippen LogP contribution in [0.5, 0.6) is 5.75 Å². The van der Waals surface area contributed by atoms with Gasteiger partial charge in [0, 0.05) is 5.56 Å². The van der Waals surface area contributed by atoms with E-state index in [2.05, 4.69) is 6.92 Å². The minimum Gasteiger partial charge on any atom is -0.491 e. The zero-order valence-electron chi connectivity index (χ0n) is 13.0. The van der Waals surface area contributed by atoms with Gasteiger partial charge in [0.1, 0.15) is 5.75 Å². The van der Waals surface area contributed by atoms with Gasteiger partial charge in [-0.25, -0.2) is 0 Å². The molecule has 0 aromatic heterocycles. The average molecular weight is 335 g/mol. The molecule has 2 rings (SSSR count). The van der Waals surface area contributed by atoms with Gasteiger partial charge < -0.3 is 4.74 Å². The topological polar surface area (TPSA) is 26.3 Å². The second-order valence-electron chi connectivity index (χ2n) is 5.25. The first kappa shape index (κ1) is 17.0. The summed E-state index contributed by atoms with van der Waals surface area (Å²) < 4.78 is 5.74. The lowest BCUT2D eigenvalue weighted by molar-refractivity contribution is 0.108. The zero-order chi connectivity index (χ0) is 16.1. The van der Waals surface area contributed by atoms with E-state index in [4.69, 9.17) is 16.3 Å². The highest BCUT2D eigenvalue weighted by Gasteiger charge is 2.12. The lowest BCUT2D eigenvalue weighted by atomic mass is 10.1. The van der Waals surface area contributed by atoms with Gasteiger partial charge in [-0.05, 0) is 57.9 Å². The third-order valence-corrected chi connectivity index (χ3v) is 5.16. The van der Waals surface area contributed by atoms with Crippen LogP contribution in [0.2, 0.25) is 5.02 Å². The molecule has 0 spiro atoms. The van der Waals surface area contributed by atoms with Crippen molar-refractivity contribution in [3.8, 4) is 5.75 Å². The highest BCUT2D eigenvalue weighted by Crippen LogP contribution is 2.27. The summed E-state index contributed by atoms with van der Waals surface area (Å²) >= 11 is 6.30. The first-order chi connectivity index (χ1) is 10.5. The van der Waals surface area contributed by atoms with Gasteiger partial charge >= 0.3 is 0 Å². The Morgan fingerprint density at radius 1 is 1.27 bits per heavy atom. The normalized spacial score (nSPS) is 12.5. The van der Waals surface area contributed by atoms with Crippen LogP contribution < -0.4 is 10.0 Å². The summed E-state index contributed by atoms with van der Waals surface area (Å²) in [5, 5.41) is 1.44. The second-order valence-corrected chi connectivity index (χ2v) is 6.90. The van der Waals surface area contributed by atoms with Crippen molar-refractivity contribution in [2.45, 2.75) is 33.3 Å². The molecular weight excluding hydrogens is 315 g/mol. The molecule has 0 aliphatic heterocycles. The van der Waals surface area contributed by atoms with Crippen molar-refractivity contribution in [1.29, 1.82) is 0 Å². The van der Waals surface area contributed by atoms with E-state index in [1.807, 2.05) is 50.2 Å². The van der Waals surface area contributed by atoms with Crippen molar-refractivity contribution in [2.75, 3.05) is 0 Å². The first-order valence-corrected chi connectivity index (χ1v) is 8.72. The Hall–Kier alpha value is -1.37. The summed E-state index contributed by atoms with van der Waals surface area (Å²) in [6.07, 6.45) is 1.09. The Kier molecular flexibility index (Phi) is 5.99. The summed E-state index contributed by atoms with van der Waals surface area (Å²) in [4.78, 5) is 12.4. The average Bonchev–Trinajstić information content (AvgIpc) is 2.50. The Bertz CT molecular complexity index is 670. The molecule has 2 aromatic rings. The maximum atomic E-state index is 12.4. The summed E-state index contributed by atoms with van der Waals surface area (Å²) in [6.45, 7) is 6.04. The number of aryl methyl sites for hydroxylation is 1. The molecular formula is C18H20ClO2P. The van der Waals surface area contributed by atoms with Gasteiger partial charge in [0.25, 0.3) is 0 Å². The number of hydrogen-bond donors (Lipinski definition) is 0. The highest BCUT2D eigenvalue weighted by molar-refractivity contribution is 7.66. The van der Waals surface area contributed by atoms with Crippen LogP contribution in [0.15, 0.2) is 42.5 Å². The van der Waals surface area contributed by atoms with Gasteiger partial charge in [0.05, 0.1) is 11.1 Å². The number of ether oxygens (including phenoxy) is 1. The predicted molar refractivity (Wildman–Crippen MR) is 95.3 cm³/mol. The molecule has 0 amide bonds. The first-order valence-electron chi connectivity index (χ1n) is 7.34. The van der Waals surface area contributed by atoms with Crippen molar-refractivity contribution in [1.82, 2.24) is 0 Å². The molecule has 22 heavy (non-hydrogen) atoms. The molecule has 0 N–H and O–H groups in total. The summed E-state index contributed by atoms with van der Waals surface area (Å²) in [5.74, 6) is 0.747. The lowest BCUT2D eigenvalue weighted by Gasteiger charge is -2.14. The number of halogens is 1. The Labute approximate surface area is 138 Å². The van der Waals surface area contributed by atoms with E-state index in [0.29, 0.717) is 5.02 Å². The summed E-state index contributed by atoms with van der Waals surface area (Å²) in [7, 11) is 0.0171. The molecule has 2 atom stereocenters. The quantitative estimate of drug-likeness (QED) is 0.697. The van der Waals surface area contributed by atoms with E-state index in [9.17, 15) is 4.79 Å². The molecule has 2 aromatic carbocycles. The van der Waals surface area contributed by atoms with Gasteiger partial charge in [-0.2, -0.15) is 0 Å². The smallest absolute Gasteiger partial charge is 0.185 e. The van der Waals surface area contributed by atoms with E-state index in [0.717, 1.165) is 28.6 Å². The number of benzene rings is 2. The molecule has 2 unspecified atom stereocenters. The maximum Gasteiger partial charge on any atom is 0.185 e. The standard InChI is InChI=1S/C18H20ClO2P/c1-4-13(3)21-14-9-10-17(16(19)11-14)22-18(20)15-8-6-5-7-12(15)2/h5-11,13,22H,4H2,1-3H3. The fourth-order valence-electron chi connectivity index (χ4n) is 2.00. The van der Waals surface area contributed by atoms with Crippen LogP contribution in [0.4, 0.5) is 0 Å². The molecule has 0 aliphatic rings. The molecule has 0 fully saturated rings. The Morgan fingerprint density at radius 2 is 2.00 bits per heavy atom. The van der Waals surface area contributed by atoms with Crippen LogP contribution in [-0.4, -0.2) is 11.6 Å². The largest absolute Gasteiger partial charge is 0.491 e. The van der Waals surface area contributed by atoms with Crippen LogP contribution >= 0.6 is 20.2 Å². The molecule has 4 heteroatoms. The van der Waals surface area contributed by atoms with Crippen LogP contribution in [0, 0.1) is 6.92 Å². The molecule has 0 aliphatic carbocycles. The van der Waals surface area contributed by atoms with Gasteiger partial charge in [-0.3, -0.25) is 4.79 Å². The zero-order valence-corrected chi connectivity index (χ0v) is 14.8. The van der Waals surface area contributed by atoms with E-state index < -0.39 is 0 Å². The van der Waals surface area contributed by atoms with Gasteiger partial charge in [-0.1, -0.05) is 42.8 Å². The SMILES string of the molecule is CCC(C)Oc1ccc(PC(=O)c2ccccc2C)c(Cl)c1. The minimum absolute atomic E-state index is 0.0171.